The van der Waals surface area contributed by atoms with E-state index < -0.39 is 19.5 Å². The molecule has 0 saturated heterocycles. The number of nitrogens with zero attached hydrogens (tertiary/aromatic N) is 2. The maximum absolute atomic E-state index is 13.9. The van der Waals surface area contributed by atoms with Gasteiger partial charge in [0.05, 0.1) is 14.2 Å². The van der Waals surface area contributed by atoms with Crippen molar-refractivity contribution < 1.29 is 33.3 Å². The fourth-order valence-corrected chi connectivity index (χ4v) is 5.75. The molecule has 9 nitrogen and oxygen atoms in total. The third-order valence-electron chi connectivity index (χ3n) is 7.07. The highest BCUT2D eigenvalue weighted by molar-refractivity contribution is 7.33. The monoisotopic (exact) mass is 564 g/mol. The van der Waals surface area contributed by atoms with Gasteiger partial charge in [0, 0.05) is 35.9 Å². The van der Waals surface area contributed by atoms with Crippen LogP contribution in [-0.2, 0) is 24.8 Å². The first-order chi connectivity index (χ1) is 19.0. The van der Waals surface area contributed by atoms with E-state index >= 15 is 0 Å². The van der Waals surface area contributed by atoms with Crippen molar-refractivity contribution in [2.75, 3.05) is 14.2 Å². The van der Waals surface area contributed by atoms with Crippen LogP contribution in [0.1, 0.15) is 47.2 Å². The van der Waals surface area contributed by atoms with E-state index in [1.54, 1.807) is 88.9 Å². The Hall–Kier alpha value is -3.91. The zero-order chi connectivity index (χ0) is 29.1. The molecule has 4 aromatic rings. The van der Waals surface area contributed by atoms with E-state index in [1.807, 2.05) is 12.1 Å². The zero-order valence-electron chi connectivity index (χ0n) is 23.3. The molecule has 0 bridgehead atoms. The molecule has 0 amide bonds. The molecule has 10 heteroatoms. The van der Waals surface area contributed by atoms with Crippen LogP contribution < -0.4 is 9.47 Å². The minimum Gasteiger partial charge on any atom is -0.504 e. The van der Waals surface area contributed by atoms with Gasteiger partial charge in [-0.05, 0) is 86.3 Å². The number of phenolic OH excluding ortho intramolecular Hbond substituents is 2. The van der Waals surface area contributed by atoms with Gasteiger partial charge in [0.2, 0.25) is 0 Å². The molecule has 0 aliphatic carbocycles. The lowest BCUT2D eigenvalue weighted by atomic mass is 9.88. The van der Waals surface area contributed by atoms with Crippen LogP contribution in [0.15, 0.2) is 73.3 Å². The number of aryl methyl sites for hydroxylation is 2. The average Bonchev–Trinajstić information content (AvgIpc) is 2.96. The summed E-state index contributed by atoms with van der Waals surface area (Å²) >= 11 is 0. The van der Waals surface area contributed by atoms with Crippen LogP contribution >= 0.6 is 8.25 Å². The van der Waals surface area contributed by atoms with E-state index in [0.29, 0.717) is 33.4 Å². The quantitative estimate of drug-likeness (QED) is 0.218. The maximum atomic E-state index is 13.9. The van der Waals surface area contributed by atoms with Crippen LogP contribution in [0, 0.1) is 13.8 Å². The summed E-state index contributed by atoms with van der Waals surface area (Å²) < 4.78 is 37.3. The summed E-state index contributed by atoms with van der Waals surface area (Å²) in [7, 11) is -0.371. The number of hydrogen-bond acceptors (Lipinski definition) is 9. The maximum Gasteiger partial charge on any atom is 0.321 e. The first-order valence-electron chi connectivity index (χ1n) is 12.5. The summed E-state index contributed by atoms with van der Waals surface area (Å²) in [5.74, 6) is 0.510. The molecule has 2 atom stereocenters. The molecule has 210 valence electrons. The van der Waals surface area contributed by atoms with Gasteiger partial charge in [-0.3, -0.25) is 23.6 Å². The SMILES string of the molecule is COc1cc(C(C)(O[PH](=O)OC(C)(c2cccnc2)c2cc(C)c(O)c(OC)c2)c2cccnc2)cc(C)c1O. The second-order valence-corrected chi connectivity index (χ2v) is 10.6. The second kappa shape index (κ2) is 11.7. The Labute approximate surface area is 234 Å². The molecule has 2 aromatic heterocycles. The van der Waals surface area contributed by atoms with Crippen LogP contribution in [0.3, 0.4) is 0 Å². The zero-order valence-corrected chi connectivity index (χ0v) is 24.3. The van der Waals surface area contributed by atoms with Crippen molar-refractivity contribution in [2.24, 2.45) is 0 Å². The standard InChI is InChI=1S/C30H33N2O7P/c1-19-13-23(15-25(36-5)27(19)33)29(3,21-9-7-11-31-17-21)38-40(35)39-30(4,22-10-8-12-32-18-22)24-14-20(2)28(34)26(16-24)37-6/h7-18,33-34,40H,1-6H3. The molecule has 2 unspecified atom stereocenters. The summed E-state index contributed by atoms with van der Waals surface area (Å²) in [4.78, 5) is 8.47. The second-order valence-electron chi connectivity index (χ2n) is 9.69. The number of hydrogen-bond donors (Lipinski definition) is 2. The molecule has 0 aliphatic heterocycles. The Morgan fingerprint density at radius 1 is 0.700 bits per heavy atom. The van der Waals surface area contributed by atoms with Crippen molar-refractivity contribution in [3.8, 4) is 23.0 Å². The van der Waals surface area contributed by atoms with E-state index in [4.69, 9.17) is 18.5 Å². The van der Waals surface area contributed by atoms with Crippen molar-refractivity contribution in [2.45, 2.75) is 38.9 Å². The molecule has 0 fully saturated rings. The van der Waals surface area contributed by atoms with Gasteiger partial charge < -0.3 is 19.7 Å². The molecule has 0 aliphatic rings. The van der Waals surface area contributed by atoms with Gasteiger partial charge in [-0.1, -0.05) is 12.1 Å². The van der Waals surface area contributed by atoms with Gasteiger partial charge in [0.15, 0.2) is 23.0 Å². The number of rotatable bonds is 10. The topological polar surface area (TPSA) is 120 Å². The van der Waals surface area contributed by atoms with Crippen LogP contribution in [-0.4, -0.2) is 34.4 Å². The Morgan fingerprint density at radius 3 is 1.43 bits per heavy atom. The van der Waals surface area contributed by atoms with Crippen LogP contribution in [0.5, 0.6) is 23.0 Å². The van der Waals surface area contributed by atoms with Crippen molar-refractivity contribution in [1.29, 1.82) is 0 Å². The van der Waals surface area contributed by atoms with Crippen molar-refractivity contribution >= 4 is 8.25 Å². The summed E-state index contributed by atoms with van der Waals surface area (Å²) in [5, 5.41) is 20.9. The molecule has 0 spiro atoms. The predicted octanol–water partition coefficient (Wildman–Crippen LogP) is 6.17. The van der Waals surface area contributed by atoms with Gasteiger partial charge in [-0.25, -0.2) is 0 Å². The lowest BCUT2D eigenvalue weighted by molar-refractivity contribution is 0.0622. The first-order valence-corrected chi connectivity index (χ1v) is 13.7. The van der Waals surface area contributed by atoms with Crippen molar-refractivity contribution in [3.05, 3.63) is 107 Å². The van der Waals surface area contributed by atoms with E-state index in [2.05, 4.69) is 9.97 Å². The normalized spacial score (nSPS) is 15.1. The molecule has 2 N–H and O–H groups in total. The third kappa shape index (κ3) is 5.54. The fraction of sp³-hybridized carbons (Fsp3) is 0.267. The van der Waals surface area contributed by atoms with Crippen LogP contribution in [0.2, 0.25) is 0 Å². The molecular formula is C30H33N2O7P. The minimum atomic E-state index is -3.29. The highest BCUT2D eigenvalue weighted by atomic mass is 31.1. The van der Waals surface area contributed by atoms with Crippen molar-refractivity contribution in [1.82, 2.24) is 9.97 Å². The molecule has 0 saturated carbocycles. The summed E-state index contributed by atoms with van der Waals surface area (Å²) in [6.45, 7) is 7.00. The average molecular weight is 565 g/mol. The van der Waals surface area contributed by atoms with E-state index in [-0.39, 0.29) is 23.0 Å². The fourth-order valence-electron chi connectivity index (χ4n) is 4.57. The minimum absolute atomic E-state index is 0.00416. The molecular weight excluding hydrogens is 531 g/mol. The highest BCUT2D eigenvalue weighted by Crippen LogP contribution is 2.50. The summed E-state index contributed by atoms with van der Waals surface area (Å²) in [6, 6.07) is 13.9. The molecule has 40 heavy (non-hydrogen) atoms. The number of pyridine rings is 2. The highest BCUT2D eigenvalue weighted by Gasteiger charge is 2.39. The Kier molecular flexibility index (Phi) is 8.49. The van der Waals surface area contributed by atoms with Gasteiger partial charge in [-0.15, -0.1) is 0 Å². The lowest BCUT2D eigenvalue weighted by Crippen LogP contribution is -2.29. The molecule has 2 aromatic carbocycles. The third-order valence-corrected chi connectivity index (χ3v) is 8.22. The Morgan fingerprint density at radius 2 is 1.10 bits per heavy atom. The van der Waals surface area contributed by atoms with Crippen LogP contribution in [0.25, 0.3) is 0 Å². The van der Waals surface area contributed by atoms with Gasteiger partial charge in [0.25, 0.3) is 0 Å². The number of ether oxygens (including phenoxy) is 2. The van der Waals surface area contributed by atoms with Crippen molar-refractivity contribution in [3.63, 3.8) is 0 Å². The van der Waals surface area contributed by atoms with E-state index in [1.165, 1.54) is 14.2 Å². The number of benzene rings is 2. The molecule has 2 heterocycles. The molecule has 0 radical (unpaired) electrons. The predicted molar refractivity (Wildman–Crippen MR) is 151 cm³/mol. The van der Waals surface area contributed by atoms with E-state index in [0.717, 1.165) is 0 Å². The first kappa shape index (κ1) is 29.1. The van der Waals surface area contributed by atoms with Gasteiger partial charge in [0.1, 0.15) is 11.2 Å². The summed E-state index contributed by atoms with van der Waals surface area (Å²) in [5.41, 5.74) is 0.924. The Balaban J connectivity index is 1.81. The molecule has 4 rings (SSSR count). The van der Waals surface area contributed by atoms with E-state index in [9.17, 15) is 14.8 Å². The number of methoxy groups -OCH3 is 2. The van der Waals surface area contributed by atoms with Gasteiger partial charge in [-0.2, -0.15) is 0 Å². The van der Waals surface area contributed by atoms with Gasteiger partial charge >= 0.3 is 8.25 Å². The number of aromatic hydroxyl groups is 2. The Bertz CT molecular complexity index is 1400. The lowest BCUT2D eigenvalue weighted by Gasteiger charge is -2.35. The smallest absolute Gasteiger partial charge is 0.321 e. The summed E-state index contributed by atoms with van der Waals surface area (Å²) in [6.07, 6.45) is 6.51. The van der Waals surface area contributed by atoms with Crippen LogP contribution in [0.4, 0.5) is 0 Å². The largest absolute Gasteiger partial charge is 0.504 e. The number of aromatic nitrogens is 2. The number of phenols is 2.